The molecule has 1 aromatic carbocycles. The molecule has 0 unspecified atom stereocenters. The summed E-state index contributed by atoms with van der Waals surface area (Å²) < 4.78 is 0. The van der Waals surface area contributed by atoms with Crippen molar-refractivity contribution in [2.75, 3.05) is 0 Å². The van der Waals surface area contributed by atoms with Gasteiger partial charge in [0, 0.05) is 18.3 Å². The van der Waals surface area contributed by atoms with Gasteiger partial charge in [0.1, 0.15) is 5.03 Å². The molecule has 5 heteroatoms. The van der Waals surface area contributed by atoms with E-state index >= 15 is 0 Å². The minimum Gasteiger partial charge on any atom is -0.333 e. The zero-order valence-electron chi connectivity index (χ0n) is 11.5. The highest BCUT2D eigenvalue weighted by atomic mass is 32.2. The predicted molar refractivity (Wildman–Crippen MR) is 81.8 cm³/mol. The highest BCUT2D eigenvalue weighted by molar-refractivity contribution is 7.99. The molecule has 20 heavy (non-hydrogen) atoms. The van der Waals surface area contributed by atoms with Crippen molar-refractivity contribution in [3.63, 3.8) is 0 Å². The lowest BCUT2D eigenvalue weighted by atomic mass is 10.2. The van der Waals surface area contributed by atoms with Crippen LogP contribution in [-0.2, 0) is 6.54 Å². The van der Waals surface area contributed by atoms with Crippen LogP contribution in [0.1, 0.15) is 16.7 Å². The van der Waals surface area contributed by atoms with Gasteiger partial charge in [-0.05, 0) is 54.9 Å². The van der Waals surface area contributed by atoms with Gasteiger partial charge in [0.15, 0.2) is 5.16 Å². The van der Waals surface area contributed by atoms with Gasteiger partial charge >= 0.3 is 0 Å². The highest BCUT2D eigenvalue weighted by Gasteiger charge is 2.10. The molecule has 0 fully saturated rings. The van der Waals surface area contributed by atoms with Crippen molar-refractivity contribution < 1.29 is 0 Å². The monoisotopic (exact) mass is 284 g/mol. The summed E-state index contributed by atoms with van der Waals surface area (Å²) in [4.78, 5) is 12.3. The van der Waals surface area contributed by atoms with Gasteiger partial charge in [-0.15, -0.1) is 0 Å². The molecule has 102 valence electrons. The number of imidazole rings is 1. The molecular weight excluding hydrogens is 268 g/mol. The largest absolute Gasteiger partial charge is 0.333 e. The van der Waals surface area contributed by atoms with E-state index in [4.69, 9.17) is 5.73 Å². The second kappa shape index (κ2) is 5.26. The zero-order chi connectivity index (χ0) is 14.1. The summed E-state index contributed by atoms with van der Waals surface area (Å²) in [6, 6.07) is 8.17. The number of rotatable bonds is 3. The van der Waals surface area contributed by atoms with Crippen LogP contribution in [0.5, 0.6) is 0 Å². The highest BCUT2D eigenvalue weighted by Crippen LogP contribution is 2.29. The Labute approximate surface area is 121 Å². The van der Waals surface area contributed by atoms with Crippen molar-refractivity contribution >= 4 is 22.8 Å². The minimum atomic E-state index is 0.487. The van der Waals surface area contributed by atoms with E-state index in [2.05, 4.69) is 40.9 Å². The molecule has 3 rings (SSSR count). The standard InChI is InChI=1S/C15H16N4S/c1-9-3-4-12-13(7-9)19-15(18-12)20-14-11(8-16)10(2)5-6-17-14/h3-7H,8,16H2,1-2H3,(H,18,19). The maximum absolute atomic E-state index is 5.82. The number of hydrogen-bond donors (Lipinski definition) is 2. The molecule has 0 amide bonds. The third-order valence-electron chi connectivity index (χ3n) is 3.26. The van der Waals surface area contributed by atoms with Crippen LogP contribution in [0.2, 0.25) is 0 Å². The molecule has 2 heterocycles. The molecular formula is C15H16N4S. The van der Waals surface area contributed by atoms with Gasteiger partial charge in [-0.25, -0.2) is 9.97 Å². The van der Waals surface area contributed by atoms with Crippen LogP contribution in [-0.4, -0.2) is 15.0 Å². The van der Waals surface area contributed by atoms with E-state index in [1.165, 1.54) is 17.3 Å². The van der Waals surface area contributed by atoms with E-state index in [0.29, 0.717) is 6.54 Å². The Kier molecular flexibility index (Phi) is 3.46. The Hall–Kier alpha value is -1.85. The van der Waals surface area contributed by atoms with E-state index < -0.39 is 0 Å². The predicted octanol–water partition coefficient (Wildman–Crippen LogP) is 3.18. The number of benzene rings is 1. The molecule has 3 aromatic rings. The minimum absolute atomic E-state index is 0.487. The first-order valence-electron chi connectivity index (χ1n) is 6.46. The summed E-state index contributed by atoms with van der Waals surface area (Å²) in [5, 5.41) is 1.77. The summed E-state index contributed by atoms with van der Waals surface area (Å²) in [6.45, 7) is 4.61. The third-order valence-corrected chi connectivity index (χ3v) is 4.20. The van der Waals surface area contributed by atoms with Crippen LogP contribution < -0.4 is 5.73 Å². The molecule has 2 aromatic heterocycles. The van der Waals surface area contributed by atoms with Gasteiger partial charge in [-0.1, -0.05) is 6.07 Å². The molecule has 0 radical (unpaired) electrons. The summed E-state index contributed by atoms with van der Waals surface area (Å²) in [7, 11) is 0. The van der Waals surface area contributed by atoms with Crippen molar-refractivity contribution in [3.8, 4) is 0 Å². The van der Waals surface area contributed by atoms with Gasteiger partial charge in [0.25, 0.3) is 0 Å². The number of aromatic amines is 1. The summed E-state index contributed by atoms with van der Waals surface area (Å²) in [5.74, 6) is 0. The van der Waals surface area contributed by atoms with Crippen LogP contribution >= 0.6 is 11.8 Å². The van der Waals surface area contributed by atoms with Crippen molar-refractivity contribution in [2.45, 2.75) is 30.6 Å². The van der Waals surface area contributed by atoms with Crippen LogP contribution in [0.4, 0.5) is 0 Å². The van der Waals surface area contributed by atoms with Crippen molar-refractivity contribution in [2.24, 2.45) is 5.73 Å². The summed E-state index contributed by atoms with van der Waals surface area (Å²) in [6.07, 6.45) is 1.81. The number of hydrogen-bond acceptors (Lipinski definition) is 4. The topological polar surface area (TPSA) is 67.6 Å². The Morgan fingerprint density at radius 1 is 1.25 bits per heavy atom. The molecule has 0 saturated heterocycles. The first kappa shape index (κ1) is 13.1. The molecule has 4 nitrogen and oxygen atoms in total. The van der Waals surface area contributed by atoms with Gasteiger partial charge in [0.05, 0.1) is 11.0 Å². The lowest BCUT2D eigenvalue weighted by Crippen LogP contribution is -2.02. The van der Waals surface area contributed by atoms with E-state index in [1.54, 1.807) is 0 Å². The lowest BCUT2D eigenvalue weighted by Gasteiger charge is -2.07. The maximum atomic E-state index is 5.82. The second-order valence-corrected chi connectivity index (χ2v) is 5.76. The summed E-state index contributed by atoms with van der Waals surface area (Å²) >= 11 is 1.53. The molecule has 0 aliphatic heterocycles. The lowest BCUT2D eigenvalue weighted by molar-refractivity contribution is 0.936. The fourth-order valence-electron chi connectivity index (χ4n) is 2.14. The molecule has 3 N–H and O–H groups in total. The van der Waals surface area contributed by atoms with Crippen molar-refractivity contribution in [3.05, 3.63) is 47.2 Å². The smallest absolute Gasteiger partial charge is 0.172 e. The Morgan fingerprint density at radius 3 is 2.90 bits per heavy atom. The van der Waals surface area contributed by atoms with E-state index in [9.17, 15) is 0 Å². The van der Waals surface area contributed by atoms with Gasteiger partial charge < -0.3 is 10.7 Å². The van der Waals surface area contributed by atoms with E-state index in [0.717, 1.165) is 32.3 Å². The molecule has 0 saturated carbocycles. The van der Waals surface area contributed by atoms with E-state index in [-0.39, 0.29) is 0 Å². The van der Waals surface area contributed by atoms with Gasteiger partial charge in [-0.3, -0.25) is 0 Å². The third kappa shape index (κ3) is 2.42. The second-order valence-electron chi connectivity index (χ2n) is 4.78. The Morgan fingerprint density at radius 2 is 2.10 bits per heavy atom. The van der Waals surface area contributed by atoms with Gasteiger partial charge in [-0.2, -0.15) is 0 Å². The van der Waals surface area contributed by atoms with Crippen LogP contribution in [0.15, 0.2) is 40.6 Å². The van der Waals surface area contributed by atoms with Gasteiger partial charge in [0.2, 0.25) is 0 Å². The average Bonchev–Trinajstić information content (AvgIpc) is 2.80. The number of nitrogens with zero attached hydrogens (tertiary/aromatic N) is 2. The molecule has 0 aliphatic rings. The fraction of sp³-hybridized carbons (Fsp3) is 0.200. The first-order chi connectivity index (χ1) is 9.67. The molecule has 0 spiro atoms. The number of nitrogens with two attached hydrogens (primary N) is 1. The number of pyridine rings is 1. The molecule has 0 aliphatic carbocycles. The number of aryl methyl sites for hydroxylation is 2. The van der Waals surface area contributed by atoms with Crippen LogP contribution in [0.3, 0.4) is 0 Å². The van der Waals surface area contributed by atoms with Crippen LogP contribution in [0, 0.1) is 13.8 Å². The Balaban J connectivity index is 1.99. The summed E-state index contributed by atoms with van der Waals surface area (Å²) in [5.41, 5.74) is 11.3. The maximum Gasteiger partial charge on any atom is 0.172 e. The van der Waals surface area contributed by atoms with Crippen molar-refractivity contribution in [1.29, 1.82) is 0 Å². The average molecular weight is 284 g/mol. The SMILES string of the molecule is Cc1ccc2nc(Sc3nccc(C)c3CN)[nH]c2c1. The normalized spacial score (nSPS) is 11.2. The first-order valence-corrected chi connectivity index (χ1v) is 7.28. The van der Waals surface area contributed by atoms with Crippen LogP contribution in [0.25, 0.3) is 11.0 Å². The Bertz CT molecular complexity index is 764. The number of H-pyrrole nitrogens is 1. The number of aromatic nitrogens is 3. The quantitative estimate of drug-likeness (QED) is 0.775. The number of nitrogens with one attached hydrogen (secondary N) is 1. The van der Waals surface area contributed by atoms with Crippen molar-refractivity contribution in [1.82, 2.24) is 15.0 Å². The fourth-order valence-corrected chi connectivity index (χ4v) is 3.11. The van der Waals surface area contributed by atoms with E-state index in [1.807, 2.05) is 18.3 Å². The molecule has 0 atom stereocenters. The number of fused-ring (bicyclic) bond motifs is 1. The zero-order valence-corrected chi connectivity index (χ0v) is 12.3. The molecule has 0 bridgehead atoms.